The molecule has 1 N–H and O–H groups in total. The number of rotatable bonds is 12. The molecule has 2 bridgehead atoms. The molecule has 11 heteroatoms. The largest absolute Gasteiger partial charge is 0.395 e. The number of fused-ring (bicyclic) bond motifs is 2. The number of hydrogen-bond acceptors (Lipinski definition) is 7. The lowest BCUT2D eigenvalue weighted by Gasteiger charge is -2.37. The minimum absolute atomic E-state index is 0.0220. The van der Waals surface area contributed by atoms with Gasteiger partial charge in [0.25, 0.3) is 0 Å². The van der Waals surface area contributed by atoms with Crippen molar-refractivity contribution < 1.29 is 19.5 Å². The number of likely N-dealkylation sites (tertiary alicyclic amines) is 1. The van der Waals surface area contributed by atoms with Crippen molar-refractivity contribution in [3.8, 4) is 0 Å². The molecule has 0 saturated carbocycles. The van der Waals surface area contributed by atoms with E-state index < -0.39 is 22.6 Å². The molecule has 3 aromatic rings. The van der Waals surface area contributed by atoms with E-state index in [2.05, 4.69) is 23.5 Å². The first-order valence-corrected chi connectivity index (χ1v) is 15.5. The van der Waals surface area contributed by atoms with Crippen molar-refractivity contribution in [3.63, 3.8) is 0 Å². The van der Waals surface area contributed by atoms with E-state index in [1.54, 1.807) is 38.4 Å². The maximum absolute atomic E-state index is 14.5. The van der Waals surface area contributed by atoms with Gasteiger partial charge in [-0.05, 0) is 30.5 Å². The first kappa shape index (κ1) is 29.1. The molecule has 0 aliphatic carbocycles. The van der Waals surface area contributed by atoms with Crippen LogP contribution in [0.4, 0.5) is 0 Å². The van der Waals surface area contributed by atoms with Gasteiger partial charge in [0.1, 0.15) is 18.2 Å². The summed E-state index contributed by atoms with van der Waals surface area (Å²) >= 11 is 1.62. The summed E-state index contributed by atoms with van der Waals surface area (Å²) in [6.07, 6.45) is 4.75. The average molecular weight is 601 g/mol. The van der Waals surface area contributed by atoms with E-state index in [-0.39, 0.29) is 49.3 Å². The van der Waals surface area contributed by atoms with Crippen molar-refractivity contribution in [2.45, 2.75) is 42.1 Å². The fourth-order valence-electron chi connectivity index (χ4n) is 7.19. The van der Waals surface area contributed by atoms with Gasteiger partial charge in [-0.2, -0.15) is 0 Å². The molecule has 3 saturated heterocycles. The number of aromatic nitrogens is 3. The van der Waals surface area contributed by atoms with Gasteiger partial charge in [0.05, 0.1) is 28.7 Å². The van der Waals surface area contributed by atoms with E-state index in [0.29, 0.717) is 19.5 Å². The Balaban J connectivity index is 1.33. The highest BCUT2D eigenvalue weighted by molar-refractivity contribution is 8.02. The van der Waals surface area contributed by atoms with Crippen LogP contribution in [-0.4, -0.2) is 94.8 Å². The maximum Gasteiger partial charge on any atom is 0.248 e. The molecular formula is C32H36N6O4S. The topological polar surface area (TPSA) is 112 Å². The van der Waals surface area contributed by atoms with Gasteiger partial charge in [0.2, 0.25) is 17.7 Å². The summed E-state index contributed by atoms with van der Waals surface area (Å²) in [7, 11) is 0. The highest BCUT2D eigenvalue weighted by Crippen LogP contribution is 2.66. The van der Waals surface area contributed by atoms with Crippen LogP contribution >= 0.6 is 11.8 Å². The molecule has 10 nitrogen and oxygen atoms in total. The Morgan fingerprint density at radius 1 is 1.05 bits per heavy atom. The molecule has 2 unspecified atom stereocenters. The van der Waals surface area contributed by atoms with Gasteiger partial charge in [-0.3, -0.25) is 14.4 Å². The number of thioether (sulfide) groups is 1. The van der Waals surface area contributed by atoms with Crippen LogP contribution in [0.2, 0.25) is 0 Å². The third-order valence-corrected chi connectivity index (χ3v) is 10.9. The maximum atomic E-state index is 14.5. The van der Waals surface area contributed by atoms with Crippen molar-refractivity contribution in [3.05, 3.63) is 85.5 Å². The number of para-hydroxylation sites is 1. The third-order valence-electron chi connectivity index (χ3n) is 8.92. The summed E-state index contributed by atoms with van der Waals surface area (Å²) in [5.41, 5.74) is 2.50. The van der Waals surface area contributed by atoms with Crippen LogP contribution in [0.15, 0.2) is 79.9 Å². The number of aliphatic hydroxyl groups is 1. The molecule has 1 aromatic heterocycles. The van der Waals surface area contributed by atoms with Gasteiger partial charge in [-0.15, -0.1) is 30.0 Å². The summed E-state index contributed by atoms with van der Waals surface area (Å²) < 4.78 is 0.909. The van der Waals surface area contributed by atoms with Crippen molar-refractivity contribution in [1.82, 2.24) is 29.7 Å². The minimum Gasteiger partial charge on any atom is -0.395 e. The van der Waals surface area contributed by atoms with Gasteiger partial charge in [0, 0.05) is 31.4 Å². The standard InChI is InChI=1S/C32H36N6O4S/c1-3-16-35(20-22-10-6-5-7-11-22)29(40)26-25-14-15-32(43-25)27(26)30(41)37(18-19-39)28(32)31(42)36(17-4-2)21-38-24-13-9-8-12-23(24)33-34-38/h3-13,25-28,39H,1-2,14-21H2/t25-,26+,27+,28?,32?/m1/s1. The summed E-state index contributed by atoms with van der Waals surface area (Å²) in [5, 5.41) is 18.4. The molecule has 224 valence electrons. The van der Waals surface area contributed by atoms with Crippen LogP contribution in [0.25, 0.3) is 11.0 Å². The highest BCUT2D eigenvalue weighted by Gasteiger charge is 2.74. The molecular weight excluding hydrogens is 564 g/mol. The Kier molecular flexibility index (Phi) is 8.11. The molecule has 3 fully saturated rings. The monoisotopic (exact) mass is 600 g/mol. The summed E-state index contributed by atoms with van der Waals surface area (Å²) in [6.45, 7) is 8.61. The zero-order valence-corrected chi connectivity index (χ0v) is 24.8. The molecule has 2 aromatic carbocycles. The lowest BCUT2D eigenvalue weighted by atomic mass is 9.70. The number of carbonyl (C=O) groups excluding carboxylic acids is 3. The second-order valence-corrected chi connectivity index (χ2v) is 13.0. The summed E-state index contributed by atoms with van der Waals surface area (Å²) in [5.74, 6) is -1.76. The predicted octanol–water partition coefficient (Wildman–Crippen LogP) is 2.70. The molecule has 6 rings (SSSR count). The average Bonchev–Trinajstić information content (AvgIpc) is 3.77. The van der Waals surface area contributed by atoms with Gasteiger partial charge >= 0.3 is 0 Å². The first-order chi connectivity index (χ1) is 20.9. The van der Waals surface area contributed by atoms with Gasteiger partial charge in [0.15, 0.2) is 0 Å². The number of carbonyl (C=O) groups is 3. The second kappa shape index (κ2) is 12.0. The lowest BCUT2D eigenvalue weighted by molar-refractivity contribution is -0.145. The zero-order chi connectivity index (χ0) is 30.1. The molecule has 3 aliphatic rings. The SMILES string of the molecule is C=CCN(Cn1nnc2ccccc21)C(=O)C1N(CCO)C(=O)[C@@H]2[C@@H](C(=O)N(CC=C)Cc3ccccc3)[C@H]3CCC12S3. The Bertz CT molecular complexity index is 1540. The number of aliphatic hydroxyl groups excluding tert-OH is 1. The van der Waals surface area contributed by atoms with E-state index in [4.69, 9.17) is 0 Å². The van der Waals surface area contributed by atoms with Crippen LogP contribution in [0, 0.1) is 11.8 Å². The minimum atomic E-state index is -0.818. The van der Waals surface area contributed by atoms with Gasteiger partial charge < -0.3 is 19.8 Å². The summed E-state index contributed by atoms with van der Waals surface area (Å²) in [6, 6.07) is 16.5. The quantitative estimate of drug-likeness (QED) is 0.318. The van der Waals surface area contributed by atoms with Crippen molar-refractivity contribution in [2.24, 2.45) is 11.8 Å². The van der Waals surface area contributed by atoms with E-state index >= 15 is 0 Å². The Morgan fingerprint density at radius 3 is 2.51 bits per heavy atom. The molecule has 1 spiro atoms. The lowest BCUT2D eigenvalue weighted by Crippen LogP contribution is -2.55. The van der Waals surface area contributed by atoms with Crippen LogP contribution in [-0.2, 0) is 27.6 Å². The Morgan fingerprint density at radius 2 is 1.77 bits per heavy atom. The van der Waals surface area contributed by atoms with Gasteiger partial charge in [-0.1, -0.05) is 59.8 Å². The molecule has 0 radical (unpaired) electrons. The van der Waals surface area contributed by atoms with Crippen LogP contribution in [0.1, 0.15) is 18.4 Å². The normalized spacial score (nSPS) is 25.6. The van der Waals surface area contributed by atoms with Crippen molar-refractivity contribution in [2.75, 3.05) is 26.2 Å². The zero-order valence-electron chi connectivity index (χ0n) is 24.0. The molecule has 5 atom stereocenters. The Labute approximate surface area is 255 Å². The number of amides is 3. The first-order valence-electron chi connectivity index (χ1n) is 14.6. The molecule has 3 aliphatic heterocycles. The van der Waals surface area contributed by atoms with E-state index in [9.17, 15) is 19.5 Å². The fraction of sp³-hybridized carbons (Fsp3) is 0.406. The Hall–Kier alpha value is -3.96. The molecule has 3 amide bonds. The molecule has 43 heavy (non-hydrogen) atoms. The van der Waals surface area contributed by atoms with E-state index in [0.717, 1.165) is 23.0 Å². The molecule has 4 heterocycles. The summed E-state index contributed by atoms with van der Waals surface area (Å²) in [4.78, 5) is 47.9. The van der Waals surface area contributed by atoms with Crippen LogP contribution in [0.3, 0.4) is 0 Å². The second-order valence-electron chi connectivity index (χ2n) is 11.4. The fourth-order valence-corrected chi connectivity index (χ4v) is 9.40. The van der Waals surface area contributed by atoms with Crippen molar-refractivity contribution >= 4 is 40.5 Å². The smallest absolute Gasteiger partial charge is 0.248 e. The van der Waals surface area contributed by atoms with Crippen LogP contribution < -0.4 is 0 Å². The predicted molar refractivity (Wildman–Crippen MR) is 164 cm³/mol. The number of benzene rings is 2. The highest BCUT2D eigenvalue weighted by atomic mass is 32.2. The number of β-amino-alcohol motifs (C(OH)–C–C–N with tert-alkyl or cyclic N) is 1. The van der Waals surface area contributed by atoms with Crippen LogP contribution in [0.5, 0.6) is 0 Å². The third kappa shape index (κ3) is 4.94. The van der Waals surface area contributed by atoms with Gasteiger partial charge in [-0.25, -0.2) is 4.68 Å². The van der Waals surface area contributed by atoms with E-state index in [1.165, 1.54) is 4.90 Å². The van der Waals surface area contributed by atoms with E-state index in [1.807, 2.05) is 54.6 Å². The number of hydrogen-bond donors (Lipinski definition) is 1. The number of nitrogens with zero attached hydrogens (tertiary/aromatic N) is 6. The van der Waals surface area contributed by atoms with Crippen molar-refractivity contribution in [1.29, 1.82) is 0 Å².